The normalized spacial score (nSPS) is 11.1. The molecule has 0 spiro atoms. The van der Waals surface area contributed by atoms with Crippen molar-refractivity contribution in [3.8, 4) is 0 Å². The predicted molar refractivity (Wildman–Crippen MR) is 61.6 cm³/mol. The highest BCUT2D eigenvalue weighted by Crippen LogP contribution is 2.40. The number of ketones is 1. The van der Waals surface area contributed by atoms with E-state index in [0.29, 0.717) is 6.29 Å². The van der Waals surface area contributed by atoms with Gasteiger partial charge in [0.25, 0.3) is 0 Å². The van der Waals surface area contributed by atoms with Crippen molar-refractivity contribution in [2.75, 3.05) is 0 Å². The number of hydrogen-bond acceptors (Lipinski definition) is 2. The third-order valence-corrected chi connectivity index (χ3v) is 3.57. The first-order valence-corrected chi connectivity index (χ1v) is 5.68. The van der Waals surface area contributed by atoms with Gasteiger partial charge >= 0.3 is 0 Å². The fourth-order valence-corrected chi connectivity index (χ4v) is 2.04. The summed E-state index contributed by atoms with van der Waals surface area (Å²) in [5.41, 5.74) is 0.164. The van der Waals surface area contributed by atoms with E-state index in [2.05, 4.69) is 31.9 Å². The van der Waals surface area contributed by atoms with Gasteiger partial charge in [0.15, 0.2) is 9.02 Å². The Kier molecular flexibility index (Phi) is 4.16. The average molecular weight is 338 g/mol. The van der Waals surface area contributed by atoms with Crippen LogP contribution in [0.15, 0.2) is 24.3 Å². The molecule has 0 atom stereocenters. The number of Topliss-reactive ketones (excluding diaryl/α,β-unsaturated/α-hetero) is 1. The Morgan fingerprint density at radius 3 is 2.53 bits per heavy atom. The van der Waals surface area contributed by atoms with Gasteiger partial charge < -0.3 is 4.79 Å². The van der Waals surface area contributed by atoms with Gasteiger partial charge in [-0.1, -0.05) is 50.1 Å². The molecule has 80 valence electrons. The average Bonchev–Trinajstić information content (AvgIpc) is 2.18. The Bertz CT molecular complexity index is 391. The van der Waals surface area contributed by atoms with Crippen LogP contribution < -0.4 is 0 Å². The molecule has 1 aromatic carbocycles. The minimum atomic E-state index is -1.33. The molecule has 0 aromatic heterocycles. The van der Waals surface area contributed by atoms with Crippen molar-refractivity contribution in [3.63, 3.8) is 0 Å². The molecular weight excluding hydrogens is 331 g/mol. The summed E-state index contributed by atoms with van der Waals surface area (Å²) in [5, 5.41) is 0. The number of halogens is 3. The van der Waals surface area contributed by atoms with Crippen molar-refractivity contribution in [3.05, 3.63) is 35.6 Å². The molecule has 0 radical (unpaired) electrons. The highest BCUT2D eigenvalue weighted by atomic mass is 79.9. The van der Waals surface area contributed by atoms with E-state index >= 15 is 0 Å². The van der Waals surface area contributed by atoms with E-state index in [1.54, 1.807) is 6.07 Å². The molecule has 5 heteroatoms. The van der Waals surface area contributed by atoms with Gasteiger partial charge in [-0.2, -0.15) is 0 Å². The molecule has 0 amide bonds. The van der Waals surface area contributed by atoms with Crippen LogP contribution in [0.4, 0.5) is 4.39 Å². The first-order valence-electron chi connectivity index (χ1n) is 4.10. The van der Waals surface area contributed by atoms with Gasteiger partial charge in [-0.3, -0.25) is 4.79 Å². The topological polar surface area (TPSA) is 34.1 Å². The summed E-state index contributed by atoms with van der Waals surface area (Å²) in [6.45, 7) is 0. The minimum absolute atomic E-state index is 0.164. The molecule has 0 aliphatic carbocycles. The predicted octanol–water partition coefficient (Wildman–Crippen LogP) is 2.93. The Balaban J connectivity index is 3.10. The summed E-state index contributed by atoms with van der Waals surface area (Å²) in [4.78, 5) is 21.7. The lowest BCUT2D eigenvalue weighted by atomic mass is 10.1. The van der Waals surface area contributed by atoms with Gasteiger partial charge in [0.05, 0.1) is 6.42 Å². The van der Waals surface area contributed by atoms with E-state index in [1.807, 2.05) is 0 Å². The standard InChI is InChI=1S/C10H7Br2FO2/c11-10(12,9(15)5-6-14)7-3-1-2-4-8(7)13/h1-4,6H,5H2. The van der Waals surface area contributed by atoms with E-state index in [4.69, 9.17) is 0 Å². The van der Waals surface area contributed by atoms with Crippen molar-refractivity contribution in [1.82, 2.24) is 0 Å². The van der Waals surface area contributed by atoms with Gasteiger partial charge in [0.1, 0.15) is 12.1 Å². The zero-order valence-corrected chi connectivity index (χ0v) is 10.7. The first-order chi connectivity index (χ1) is 7.00. The van der Waals surface area contributed by atoms with E-state index in [-0.39, 0.29) is 12.0 Å². The monoisotopic (exact) mass is 336 g/mol. The lowest BCUT2D eigenvalue weighted by Gasteiger charge is -2.18. The summed E-state index contributed by atoms with van der Waals surface area (Å²) in [6, 6.07) is 5.87. The molecule has 1 aromatic rings. The van der Waals surface area contributed by atoms with Crippen molar-refractivity contribution < 1.29 is 14.0 Å². The van der Waals surface area contributed by atoms with Crippen LogP contribution in [-0.2, 0) is 12.8 Å². The number of hydrogen-bond donors (Lipinski definition) is 0. The summed E-state index contributed by atoms with van der Waals surface area (Å²) in [5.74, 6) is -0.951. The SMILES string of the molecule is O=CCC(=O)C(Br)(Br)c1ccccc1F. The molecule has 0 fully saturated rings. The van der Waals surface area contributed by atoms with Crippen LogP contribution in [-0.4, -0.2) is 12.1 Å². The Morgan fingerprint density at radius 1 is 1.40 bits per heavy atom. The number of benzene rings is 1. The molecule has 2 nitrogen and oxygen atoms in total. The number of alkyl halides is 2. The fourth-order valence-electron chi connectivity index (χ4n) is 1.07. The molecular formula is C10H7Br2FO2. The van der Waals surface area contributed by atoms with Crippen molar-refractivity contribution in [2.24, 2.45) is 0 Å². The van der Waals surface area contributed by atoms with Crippen LogP contribution >= 0.6 is 31.9 Å². The second kappa shape index (κ2) is 4.99. The third kappa shape index (κ3) is 2.72. The molecule has 0 aliphatic heterocycles. The van der Waals surface area contributed by atoms with Crippen molar-refractivity contribution in [1.29, 1.82) is 0 Å². The number of aldehydes is 1. The van der Waals surface area contributed by atoms with E-state index in [1.165, 1.54) is 18.2 Å². The van der Waals surface area contributed by atoms with Gasteiger partial charge in [-0.25, -0.2) is 4.39 Å². The van der Waals surface area contributed by atoms with Gasteiger partial charge in [0.2, 0.25) is 0 Å². The van der Waals surface area contributed by atoms with Crippen LogP contribution in [0.1, 0.15) is 12.0 Å². The van der Waals surface area contributed by atoms with Gasteiger partial charge in [0, 0.05) is 5.56 Å². The molecule has 0 unspecified atom stereocenters. The molecule has 1 rings (SSSR count). The summed E-state index contributed by atoms with van der Waals surface area (Å²) < 4.78 is 12.1. The number of carbonyl (C=O) groups is 2. The van der Waals surface area contributed by atoms with Crippen LogP contribution in [0.25, 0.3) is 0 Å². The quantitative estimate of drug-likeness (QED) is 0.481. The maximum Gasteiger partial charge on any atom is 0.171 e. The Morgan fingerprint density at radius 2 is 2.00 bits per heavy atom. The highest BCUT2D eigenvalue weighted by molar-refractivity contribution is 9.25. The maximum absolute atomic E-state index is 13.4. The molecule has 15 heavy (non-hydrogen) atoms. The molecule has 0 saturated heterocycles. The largest absolute Gasteiger partial charge is 0.303 e. The molecule has 0 saturated carbocycles. The Labute approximate surface area is 103 Å². The Hall–Kier alpha value is -0.550. The van der Waals surface area contributed by atoms with E-state index in [0.717, 1.165) is 0 Å². The van der Waals surface area contributed by atoms with Crippen molar-refractivity contribution >= 4 is 43.9 Å². The van der Waals surface area contributed by atoms with Crippen molar-refractivity contribution in [2.45, 2.75) is 9.65 Å². The zero-order chi connectivity index (χ0) is 11.5. The molecule has 0 N–H and O–H groups in total. The second-order valence-electron chi connectivity index (χ2n) is 2.85. The van der Waals surface area contributed by atoms with Crippen LogP contribution in [0, 0.1) is 5.82 Å². The molecule has 0 aliphatic rings. The zero-order valence-electron chi connectivity index (χ0n) is 7.54. The highest BCUT2D eigenvalue weighted by Gasteiger charge is 2.35. The third-order valence-electron chi connectivity index (χ3n) is 1.83. The molecule has 0 bridgehead atoms. The maximum atomic E-state index is 13.4. The van der Waals surface area contributed by atoms with E-state index < -0.39 is 14.8 Å². The van der Waals surface area contributed by atoms with E-state index in [9.17, 15) is 14.0 Å². The lowest BCUT2D eigenvalue weighted by Crippen LogP contribution is -2.23. The summed E-state index contributed by atoms with van der Waals surface area (Å²) in [7, 11) is 0. The number of rotatable bonds is 4. The van der Waals surface area contributed by atoms with Gasteiger partial charge in [-0.05, 0) is 6.07 Å². The van der Waals surface area contributed by atoms with Crippen LogP contribution in [0.5, 0.6) is 0 Å². The number of carbonyl (C=O) groups excluding carboxylic acids is 2. The fraction of sp³-hybridized carbons (Fsp3) is 0.200. The summed E-state index contributed by atoms with van der Waals surface area (Å²) in [6.07, 6.45) is 0.214. The summed E-state index contributed by atoms with van der Waals surface area (Å²) >= 11 is 6.15. The minimum Gasteiger partial charge on any atom is -0.303 e. The smallest absolute Gasteiger partial charge is 0.171 e. The molecule has 0 heterocycles. The lowest BCUT2D eigenvalue weighted by molar-refractivity contribution is -0.122. The second-order valence-corrected chi connectivity index (χ2v) is 6.29. The van der Waals surface area contributed by atoms with Crippen LogP contribution in [0.3, 0.4) is 0 Å². The first kappa shape index (κ1) is 12.5. The van der Waals surface area contributed by atoms with Gasteiger partial charge in [-0.15, -0.1) is 0 Å². The van der Waals surface area contributed by atoms with Crippen LogP contribution in [0.2, 0.25) is 0 Å².